The summed E-state index contributed by atoms with van der Waals surface area (Å²) in [5.74, 6) is 0.0791. The quantitative estimate of drug-likeness (QED) is 0.896. The fourth-order valence-corrected chi connectivity index (χ4v) is 2.06. The van der Waals surface area contributed by atoms with Gasteiger partial charge in [-0.25, -0.2) is 4.79 Å². The Morgan fingerprint density at radius 2 is 1.83 bits per heavy atom. The summed E-state index contributed by atoms with van der Waals surface area (Å²) in [4.78, 5) is 10.7. The van der Waals surface area contributed by atoms with Gasteiger partial charge in [0.2, 0.25) is 0 Å². The molecular formula is C13H8BrClO3. The van der Waals surface area contributed by atoms with Gasteiger partial charge in [0.1, 0.15) is 11.5 Å². The van der Waals surface area contributed by atoms with Gasteiger partial charge in [-0.3, -0.25) is 0 Å². The van der Waals surface area contributed by atoms with Crippen LogP contribution in [-0.2, 0) is 0 Å². The Bertz CT molecular complexity index is 581. The van der Waals surface area contributed by atoms with Crippen LogP contribution in [0.25, 0.3) is 0 Å². The third kappa shape index (κ3) is 3.03. The van der Waals surface area contributed by atoms with Crippen LogP contribution in [0.2, 0.25) is 5.02 Å². The zero-order valence-electron chi connectivity index (χ0n) is 9.06. The Morgan fingerprint density at radius 3 is 2.39 bits per heavy atom. The van der Waals surface area contributed by atoms with E-state index in [0.717, 1.165) is 4.47 Å². The largest absolute Gasteiger partial charge is 0.478 e. The van der Waals surface area contributed by atoms with Gasteiger partial charge >= 0.3 is 5.97 Å². The third-order valence-corrected chi connectivity index (χ3v) is 3.01. The average molecular weight is 328 g/mol. The fraction of sp³-hybridized carbons (Fsp3) is 0. The number of hydrogen-bond donors (Lipinski definition) is 1. The highest BCUT2D eigenvalue weighted by Crippen LogP contribution is 2.31. The molecule has 0 aliphatic heterocycles. The average Bonchev–Trinajstić information content (AvgIpc) is 2.33. The molecular weight excluding hydrogens is 319 g/mol. The van der Waals surface area contributed by atoms with Crippen molar-refractivity contribution in [3.05, 3.63) is 57.5 Å². The molecule has 0 amide bonds. The van der Waals surface area contributed by atoms with Crippen LogP contribution in [0, 0.1) is 0 Å². The number of hydrogen-bond acceptors (Lipinski definition) is 2. The van der Waals surface area contributed by atoms with Gasteiger partial charge in [-0.05, 0) is 42.5 Å². The van der Waals surface area contributed by atoms with Crippen LogP contribution in [0.15, 0.2) is 46.9 Å². The van der Waals surface area contributed by atoms with E-state index >= 15 is 0 Å². The molecule has 1 N–H and O–H groups in total. The molecule has 0 fully saturated rings. The van der Waals surface area contributed by atoms with Crippen LogP contribution in [0.5, 0.6) is 11.5 Å². The Morgan fingerprint density at radius 1 is 1.17 bits per heavy atom. The lowest BCUT2D eigenvalue weighted by Crippen LogP contribution is -1.95. The smallest absolute Gasteiger partial charge is 0.335 e. The zero-order valence-corrected chi connectivity index (χ0v) is 11.4. The Labute approximate surface area is 117 Å². The molecule has 0 aliphatic rings. The number of rotatable bonds is 3. The lowest BCUT2D eigenvalue weighted by molar-refractivity contribution is 0.0697. The van der Waals surface area contributed by atoms with Gasteiger partial charge in [-0.15, -0.1) is 0 Å². The van der Waals surface area contributed by atoms with Crippen LogP contribution in [0.1, 0.15) is 10.4 Å². The van der Waals surface area contributed by atoms with Crippen molar-refractivity contribution in [1.82, 2.24) is 0 Å². The highest BCUT2D eigenvalue weighted by Gasteiger charge is 2.05. The molecule has 0 spiro atoms. The standard InChI is InChI=1S/C13H8BrClO3/c14-9-3-6-12(11(15)7-9)18-10-4-1-8(2-5-10)13(16)17/h1-7H,(H,16,17). The van der Waals surface area contributed by atoms with Crippen LogP contribution in [0.4, 0.5) is 0 Å². The summed E-state index contributed by atoms with van der Waals surface area (Å²) in [7, 11) is 0. The van der Waals surface area contributed by atoms with E-state index in [1.807, 2.05) is 6.07 Å². The SMILES string of the molecule is O=C(O)c1ccc(Oc2ccc(Br)cc2Cl)cc1. The third-order valence-electron chi connectivity index (χ3n) is 2.22. The maximum absolute atomic E-state index is 10.7. The predicted molar refractivity (Wildman–Crippen MR) is 72.6 cm³/mol. The zero-order chi connectivity index (χ0) is 13.1. The molecule has 0 aromatic heterocycles. The second-order valence-electron chi connectivity index (χ2n) is 3.51. The number of aromatic carboxylic acids is 1. The van der Waals surface area contributed by atoms with Crippen molar-refractivity contribution in [3.8, 4) is 11.5 Å². The predicted octanol–water partition coefficient (Wildman–Crippen LogP) is 4.59. The first-order chi connectivity index (χ1) is 8.56. The first kappa shape index (κ1) is 12.9. The van der Waals surface area contributed by atoms with E-state index in [2.05, 4.69) is 15.9 Å². The fourth-order valence-electron chi connectivity index (χ4n) is 1.35. The van der Waals surface area contributed by atoms with Gasteiger partial charge in [-0.2, -0.15) is 0 Å². The van der Waals surface area contributed by atoms with E-state index in [4.69, 9.17) is 21.4 Å². The molecule has 2 aromatic carbocycles. The van der Waals surface area contributed by atoms with Gasteiger partial charge in [0.05, 0.1) is 10.6 Å². The second kappa shape index (κ2) is 5.42. The van der Waals surface area contributed by atoms with Crippen molar-refractivity contribution in [3.63, 3.8) is 0 Å². The van der Waals surface area contributed by atoms with Crippen molar-refractivity contribution in [2.24, 2.45) is 0 Å². The summed E-state index contributed by atoms with van der Waals surface area (Å²) >= 11 is 9.31. The summed E-state index contributed by atoms with van der Waals surface area (Å²) in [5, 5.41) is 9.25. The van der Waals surface area contributed by atoms with Crippen molar-refractivity contribution in [2.45, 2.75) is 0 Å². The number of halogens is 2. The minimum atomic E-state index is -0.969. The van der Waals surface area contributed by atoms with Crippen molar-refractivity contribution >= 4 is 33.5 Å². The van der Waals surface area contributed by atoms with Crippen LogP contribution >= 0.6 is 27.5 Å². The molecule has 0 bridgehead atoms. The summed E-state index contributed by atoms with van der Waals surface area (Å²) in [5.41, 5.74) is 0.212. The van der Waals surface area contributed by atoms with Gasteiger partial charge in [0, 0.05) is 4.47 Å². The summed E-state index contributed by atoms with van der Waals surface area (Å²) in [6, 6.07) is 11.4. The van der Waals surface area contributed by atoms with Crippen LogP contribution in [0.3, 0.4) is 0 Å². The number of carbonyl (C=O) groups is 1. The number of carboxylic acid groups (broad SMARTS) is 1. The first-order valence-corrected chi connectivity index (χ1v) is 6.19. The topological polar surface area (TPSA) is 46.5 Å². The first-order valence-electron chi connectivity index (χ1n) is 5.02. The van der Waals surface area contributed by atoms with Gasteiger partial charge in [0.25, 0.3) is 0 Å². The van der Waals surface area contributed by atoms with Crippen molar-refractivity contribution < 1.29 is 14.6 Å². The lowest BCUT2D eigenvalue weighted by Gasteiger charge is -2.07. The monoisotopic (exact) mass is 326 g/mol. The van der Waals surface area contributed by atoms with Gasteiger partial charge < -0.3 is 9.84 Å². The molecule has 0 heterocycles. The molecule has 18 heavy (non-hydrogen) atoms. The molecule has 3 nitrogen and oxygen atoms in total. The molecule has 2 rings (SSSR count). The van der Waals surface area contributed by atoms with Crippen molar-refractivity contribution in [1.29, 1.82) is 0 Å². The van der Waals surface area contributed by atoms with Crippen LogP contribution in [-0.4, -0.2) is 11.1 Å². The number of ether oxygens (including phenoxy) is 1. The summed E-state index contributed by atoms with van der Waals surface area (Å²) < 4.78 is 6.42. The minimum absolute atomic E-state index is 0.212. The Balaban J connectivity index is 2.21. The maximum atomic E-state index is 10.7. The second-order valence-corrected chi connectivity index (χ2v) is 4.83. The highest BCUT2D eigenvalue weighted by molar-refractivity contribution is 9.10. The Hall–Kier alpha value is -1.52. The van der Waals surface area contributed by atoms with E-state index < -0.39 is 5.97 Å². The van der Waals surface area contributed by atoms with Gasteiger partial charge in [-0.1, -0.05) is 27.5 Å². The van der Waals surface area contributed by atoms with E-state index in [-0.39, 0.29) is 5.56 Å². The van der Waals surface area contributed by atoms with E-state index in [1.54, 1.807) is 24.3 Å². The number of benzene rings is 2. The molecule has 92 valence electrons. The highest BCUT2D eigenvalue weighted by atomic mass is 79.9. The number of carboxylic acids is 1. The van der Waals surface area contributed by atoms with E-state index in [0.29, 0.717) is 16.5 Å². The van der Waals surface area contributed by atoms with E-state index in [9.17, 15) is 4.79 Å². The Kier molecular flexibility index (Phi) is 3.89. The molecule has 2 aromatic rings. The molecule has 0 atom stereocenters. The summed E-state index contributed by atoms with van der Waals surface area (Å²) in [6.07, 6.45) is 0. The lowest BCUT2D eigenvalue weighted by atomic mass is 10.2. The van der Waals surface area contributed by atoms with E-state index in [1.165, 1.54) is 12.1 Å². The van der Waals surface area contributed by atoms with Crippen LogP contribution < -0.4 is 4.74 Å². The molecule has 0 saturated carbocycles. The maximum Gasteiger partial charge on any atom is 0.335 e. The molecule has 0 unspecified atom stereocenters. The molecule has 5 heteroatoms. The normalized spacial score (nSPS) is 10.1. The van der Waals surface area contributed by atoms with Gasteiger partial charge in [0.15, 0.2) is 0 Å². The van der Waals surface area contributed by atoms with Crippen molar-refractivity contribution in [2.75, 3.05) is 0 Å². The summed E-state index contributed by atoms with van der Waals surface area (Å²) in [6.45, 7) is 0. The minimum Gasteiger partial charge on any atom is -0.478 e. The molecule has 0 aliphatic carbocycles. The molecule has 0 saturated heterocycles. The molecule has 0 radical (unpaired) electrons.